The zero-order chi connectivity index (χ0) is 47.9. The zero-order valence-electron chi connectivity index (χ0n) is 43.0. The van der Waals surface area contributed by atoms with Crippen LogP contribution in [0.4, 0.5) is 0 Å². The molecular weight excluding hydrogens is 590 g/mol. The molecule has 5 aromatic carbocycles. The lowest BCUT2D eigenvalue weighted by Crippen LogP contribution is -2.25. The second-order valence-electron chi connectivity index (χ2n) is 11.8. The summed E-state index contributed by atoms with van der Waals surface area (Å²) in [6.45, 7) is -18.2. The molecule has 1 aliphatic heterocycles. The Morgan fingerprint density at radius 1 is 0.667 bits per heavy atom. The number of rotatable bonds is 3. The number of imidazole rings is 1. The Balaban J connectivity index is 1.38. The van der Waals surface area contributed by atoms with Gasteiger partial charge >= 0.3 is 5.84 Å². The fourth-order valence-corrected chi connectivity index (χ4v) is 6.65. The SMILES string of the molecule is [2H]C([2H])([2H])c1ccc(-c2c(C([2H])([2H])[2H])ccc3c2Oc2ncccc2C3(C([2H])([2H])[2H])C([2H])([2H])[2H])cc1-c1cc(-c2c(C([2H])([2H])[2H])ccc3c2oc2nc4ccccc4n23)ccc1C([2H])([2H])[2H]. The Bertz CT molecular complexity index is 3260. The first kappa shape index (κ1) is 15.5. The number of aryl methyl sites for hydroxylation is 4. The van der Waals surface area contributed by atoms with Gasteiger partial charge in [-0.1, -0.05) is 74.4 Å². The fraction of sp³-hybridized carbons (Fsp3) is 0.163. The highest BCUT2D eigenvalue weighted by atomic mass is 16.5. The first-order valence-electron chi connectivity index (χ1n) is 24.0. The van der Waals surface area contributed by atoms with Crippen LogP contribution in [0.2, 0.25) is 0 Å². The van der Waals surface area contributed by atoms with E-state index in [-0.39, 0.29) is 61.5 Å². The number of ether oxygens (including phenoxy) is 1. The monoisotopic (exact) mass is 643 g/mol. The first-order chi connectivity index (χ1) is 30.5. The minimum atomic E-state index is -3.32. The summed E-state index contributed by atoms with van der Waals surface area (Å²) in [5, 5.41) is 0. The molecule has 9 rings (SSSR count). The summed E-state index contributed by atoms with van der Waals surface area (Å²) in [5.41, 5.74) is -3.84. The van der Waals surface area contributed by atoms with Crippen LogP contribution in [0, 0.1) is 27.4 Å². The average Bonchev–Trinajstić information content (AvgIpc) is 3.75. The number of pyridine rings is 1. The van der Waals surface area contributed by atoms with Gasteiger partial charge in [0, 0.05) is 58.5 Å². The van der Waals surface area contributed by atoms with Gasteiger partial charge in [0.25, 0.3) is 0 Å². The number of oxazole rings is 1. The van der Waals surface area contributed by atoms with Crippen molar-refractivity contribution in [2.45, 2.75) is 46.5 Å². The van der Waals surface area contributed by atoms with Crippen LogP contribution in [-0.4, -0.2) is 14.4 Å². The molecule has 0 aliphatic carbocycles. The normalized spacial score (nSPS) is 20.7. The molecule has 0 saturated heterocycles. The molecule has 234 valence electrons. The van der Waals surface area contributed by atoms with Crippen molar-refractivity contribution in [1.82, 2.24) is 14.4 Å². The van der Waals surface area contributed by atoms with Gasteiger partial charge < -0.3 is 9.15 Å². The minimum absolute atomic E-state index is 0.0408. The van der Waals surface area contributed by atoms with E-state index in [0.29, 0.717) is 16.6 Å². The quantitative estimate of drug-likeness (QED) is 0.192. The second kappa shape index (κ2) is 10.2. The van der Waals surface area contributed by atoms with E-state index in [9.17, 15) is 0 Å². The van der Waals surface area contributed by atoms with Crippen LogP contribution in [0.5, 0.6) is 11.6 Å². The summed E-state index contributed by atoms with van der Waals surface area (Å²) >= 11 is 0. The smallest absolute Gasteiger partial charge is 0.307 e. The Hall–Kier alpha value is -5.68. The molecule has 0 unspecified atom stereocenters. The highest BCUT2D eigenvalue weighted by Crippen LogP contribution is 2.52. The molecule has 1 aliphatic rings. The predicted molar refractivity (Wildman–Crippen MR) is 194 cm³/mol. The van der Waals surface area contributed by atoms with Gasteiger partial charge in [-0.25, -0.2) is 4.98 Å². The molecule has 0 saturated carbocycles. The predicted octanol–water partition coefficient (Wildman–Crippen LogP) is 11.3. The summed E-state index contributed by atoms with van der Waals surface area (Å²) < 4.78 is 170. The standard InChI is InChI=1S/C43H35N3O2/c1-24-13-17-28(37-26(3)15-19-32-39(37)47-41-33(43(32,5)6)10-9-21-44-41)22-30(24)31-23-29(18-14-25(31)2)38-27(4)16-20-36-40(38)48-42-45-34-11-7-8-12-35(34)46(36)42/h7-23H,1-6H3/i1D3,2D3,3D3,4D3,5D3,6D3. The van der Waals surface area contributed by atoms with Crippen molar-refractivity contribution in [3.05, 3.63) is 137 Å². The molecule has 0 radical (unpaired) electrons. The summed E-state index contributed by atoms with van der Waals surface area (Å²) in [6, 6.07) is 22.5. The third kappa shape index (κ3) is 4.03. The molecule has 0 fully saturated rings. The Kier molecular flexibility index (Phi) is 3.28. The largest absolute Gasteiger partial charge is 0.438 e. The summed E-state index contributed by atoms with van der Waals surface area (Å²) in [6.07, 6.45) is 1.24. The number of para-hydroxylation sites is 2. The summed E-state index contributed by atoms with van der Waals surface area (Å²) in [7, 11) is 0. The van der Waals surface area contributed by atoms with Crippen molar-refractivity contribution in [2.24, 2.45) is 0 Å². The Morgan fingerprint density at radius 2 is 1.38 bits per heavy atom. The van der Waals surface area contributed by atoms with Crippen molar-refractivity contribution < 1.29 is 33.8 Å². The van der Waals surface area contributed by atoms with Crippen LogP contribution < -0.4 is 4.74 Å². The average molecular weight is 644 g/mol. The molecule has 4 heterocycles. The molecule has 0 atom stereocenters. The van der Waals surface area contributed by atoms with Gasteiger partial charge in [-0.3, -0.25) is 4.40 Å². The van der Waals surface area contributed by atoms with Crippen molar-refractivity contribution in [3.63, 3.8) is 0 Å². The van der Waals surface area contributed by atoms with E-state index in [1.807, 2.05) is 6.07 Å². The van der Waals surface area contributed by atoms with Crippen LogP contribution in [0.1, 0.15) is 71.8 Å². The summed E-state index contributed by atoms with van der Waals surface area (Å²) in [4.78, 5) is 8.75. The third-order valence-corrected chi connectivity index (χ3v) is 8.94. The number of fused-ring (bicyclic) bond motifs is 7. The molecule has 0 bridgehead atoms. The highest BCUT2D eigenvalue weighted by Gasteiger charge is 2.36. The lowest BCUT2D eigenvalue weighted by atomic mass is 9.75. The lowest BCUT2D eigenvalue weighted by molar-refractivity contribution is 0.403. The van der Waals surface area contributed by atoms with Crippen LogP contribution in [0.3, 0.4) is 0 Å². The Morgan fingerprint density at radius 3 is 2.15 bits per heavy atom. The lowest BCUT2D eigenvalue weighted by Gasteiger charge is -2.35. The van der Waals surface area contributed by atoms with Crippen LogP contribution >= 0.6 is 0 Å². The third-order valence-electron chi connectivity index (χ3n) is 8.94. The van der Waals surface area contributed by atoms with Gasteiger partial charge in [0.1, 0.15) is 5.75 Å². The number of benzene rings is 5. The zero-order valence-corrected chi connectivity index (χ0v) is 25.0. The van der Waals surface area contributed by atoms with E-state index in [0.717, 1.165) is 18.2 Å². The molecule has 5 heteroatoms. The van der Waals surface area contributed by atoms with E-state index in [1.54, 1.807) is 28.7 Å². The molecule has 3 aromatic heterocycles. The minimum Gasteiger partial charge on any atom is -0.438 e. The molecular formula is C43H35N3O2. The molecule has 0 amide bonds. The van der Waals surface area contributed by atoms with Crippen LogP contribution in [-0.2, 0) is 5.41 Å². The van der Waals surface area contributed by atoms with E-state index in [1.165, 1.54) is 54.7 Å². The van der Waals surface area contributed by atoms with Crippen molar-refractivity contribution in [3.8, 4) is 45.0 Å². The van der Waals surface area contributed by atoms with Gasteiger partial charge in [0.2, 0.25) is 5.88 Å². The summed E-state index contributed by atoms with van der Waals surface area (Å²) in [5.74, 6) is -0.761. The Labute approximate surface area is 304 Å². The molecule has 0 N–H and O–H groups in total. The molecule has 8 aromatic rings. The molecule has 0 spiro atoms. The maximum absolute atomic E-state index is 8.74. The number of hydrogen-bond acceptors (Lipinski definition) is 4. The van der Waals surface area contributed by atoms with Crippen LogP contribution in [0.15, 0.2) is 108 Å². The van der Waals surface area contributed by atoms with E-state index in [2.05, 4.69) is 9.97 Å². The second-order valence-corrected chi connectivity index (χ2v) is 11.8. The van der Waals surface area contributed by atoms with E-state index < -0.39 is 74.8 Å². The van der Waals surface area contributed by atoms with Gasteiger partial charge in [-0.2, -0.15) is 4.98 Å². The van der Waals surface area contributed by atoms with Gasteiger partial charge in [0.15, 0.2) is 5.58 Å². The number of aromatic nitrogens is 3. The van der Waals surface area contributed by atoms with Gasteiger partial charge in [0.05, 0.1) is 16.6 Å². The molecule has 5 nitrogen and oxygen atoms in total. The fourth-order valence-electron chi connectivity index (χ4n) is 6.65. The maximum Gasteiger partial charge on any atom is 0.307 e. The number of hydrogen-bond donors (Lipinski definition) is 0. The number of nitrogens with zero attached hydrogens (tertiary/aromatic N) is 3. The van der Waals surface area contributed by atoms with E-state index >= 15 is 0 Å². The highest BCUT2D eigenvalue weighted by molar-refractivity contribution is 5.98. The first-order valence-corrected chi connectivity index (χ1v) is 15.0. The van der Waals surface area contributed by atoms with Crippen molar-refractivity contribution >= 4 is 28.0 Å². The topological polar surface area (TPSA) is 52.6 Å². The van der Waals surface area contributed by atoms with Gasteiger partial charge in [-0.15, -0.1) is 0 Å². The van der Waals surface area contributed by atoms with E-state index in [4.69, 9.17) is 33.8 Å². The van der Waals surface area contributed by atoms with Crippen LogP contribution in [0.25, 0.3) is 61.4 Å². The molecule has 48 heavy (non-hydrogen) atoms. The van der Waals surface area contributed by atoms with Crippen molar-refractivity contribution in [1.29, 1.82) is 0 Å². The maximum atomic E-state index is 8.74. The van der Waals surface area contributed by atoms with Gasteiger partial charge in [-0.05, 0) is 108 Å². The van der Waals surface area contributed by atoms with Crippen molar-refractivity contribution in [2.75, 3.05) is 0 Å².